The third kappa shape index (κ3) is 3.01. The Morgan fingerprint density at radius 1 is 1.22 bits per heavy atom. The number of fused-ring (bicyclic) bond motifs is 2. The van der Waals surface area contributed by atoms with Gasteiger partial charge in [-0.25, -0.2) is 0 Å². The normalized spacial score (nSPS) is 34.2. The first-order valence-electron chi connectivity index (χ1n) is 7.04. The van der Waals surface area contributed by atoms with Crippen LogP contribution < -0.4 is 0 Å². The van der Waals surface area contributed by atoms with Gasteiger partial charge in [0.15, 0.2) is 0 Å². The zero-order valence-corrected chi connectivity index (χ0v) is 10.8. The first-order valence-corrected chi connectivity index (χ1v) is 7.04. The van der Waals surface area contributed by atoms with Crippen molar-refractivity contribution in [3.8, 4) is 0 Å². The van der Waals surface area contributed by atoms with E-state index in [1.165, 1.54) is 25.5 Å². The molecule has 4 atom stereocenters. The van der Waals surface area contributed by atoms with Crippen molar-refractivity contribution in [1.82, 2.24) is 0 Å². The highest BCUT2D eigenvalue weighted by atomic mass is 16.4. The van der Waals surface area contributed by atoms with Crippen LogP contribution in [0.15, 0.2) is 12.2 Å². The summed E-state index contributed by atoms with van der Waals surface area (Å²) < 4.78 is 0. The van der Waals surface area contributed by atoms with Gasteiger partial charge in [-0.1, -0.05) is 12.2 Å². The maximum absolute atomic E-state index is 11.1. The van der Waals surface area contributed by atoms with Crippen molar-refractivity contribution >= 4 is 12.3 Å². The summed E-state index contributed by atoms with van der Waals surface area (Å²) in [5.74, 6) is 1.52. The Bertz CT molecular complexity index is 335. The highest BCUT2D eigenvalue weighted by Gasteiger charge is 2.46. The number of carboxylic acids is 1. The van der Waals surface area contributed by atoms with E-state index in [1.54, 1.807) is 0 Å². The maximum Gasteiger partial charge on any atom is 0.303 e. The number of carboxylic acid groups (broad SMARTS) is 1. The minimum Gasteiger partial charge on any atom is -0.481 e. The number of aliphatic carboxylic acids is 1. The van der Waals surface area contributed by atoms with Crippen molar-refractivity contribution < 1.29 is 14.7 Å². The lowest BCUT2D eigenvalue weighted by molar-refractivity contribution is -0.137. The van der Waals surface area contributed by atoms with E-state index in [4.69, 9.17) is 5.11 Å². The van der Waals surface area contributed by atoms with E-state index in [9.17, 15) is 9.59 Å². The van der Waals surface area contributed by atoms with E-state index in [1.807, 2.05) is 0 Å². The summed E-state index contributed by atoms with van der Waals surface area (Å²) in [6, 6.07) is 0. The Kier molecular flexibility index (Phi) is 4.56. The zero-order valence-electron chi connectivity index (χ0n) is 10.8. The minimum absolute atomic E-state index is 0.245. The van der Waals surface area contributed by atoms with Crippen molar-refractivity contribution in [2.24, 2.45) is 23.7 Å². The first-order chi connectivity index (χ1) is 8.72. The van der Waals surface area contributed by atoms with Crippen LogP contribution >= 0.6 is 0 Å². The van der Waals surface area contributed by atoms with Gasteiger partial charge in [0.1, 0.15) is 6.29 Å². The Morgan fingerprint density at radius 3 is 2.72 bits per heavy atom. The van der Waals surface area contributed by atoms with Crippen molar-refractivity contribution in [2.45, 2.75) is 44.9 Å². The van der Waals surface area contributed by atoms with Gasteiger partial charge in [-0.05, 0) is 56.3 Å². The van der Waals surface area contributed by atoms with Gasteiger partial charge in [-0.3, -0.25) is 4.79 Å². The van der Waals surface area contributed by atoms with Gasteiger partial charge in [0.05, 0.1) is 0 Å². The second-order valence-corrected chi connectivity index (χ2v) is 5.70. The average molecular weight is 250 g/mol. The topological polar surface area (TPSA) is 54.4 Å². The zero-order chi connectivity index (χ0) is 13.0. The molecule has 3 heteroatoms. The summed E-state index contributed by atoms with van der Waals surface area (Å²) in [4.78, 5) is 21.5. The highest BCUT2D eigenvalue weighted by Crippen LogP contribution is 2.52. The van der Waals surface area contributed by atoms with Gasteiger partial charge in [-0.15, -0.1) is 0 Å². The summed E-state index contributed by atoms with van der Waals surface area (Å²) >= 11 is 0. The lowest BCUT2D eigenvalue weighted by atomic mass is 9.78. The predicted octanol–water partition coefficient (Wildman–Crippen LogP) is 3.05. The molecular formula is C15H22O3. The largest absolute Gasteiger partial charge is 0.481 e. The number of unbranched alkanes of at least 4 members (excludes halogenated alkanes) is 1. The molecule has 2 fully saturated rings. The van der Waals surface area contributed by atoms with Crippen LogP contribution in [0.1, 0.15) is 44.9 Å². The third-order valence-electron chi connectivity index (χ3n) is 4.65. The molecular weight excluding hydrogens is 228 g/mol. The van der Waals surface area contributed by atoms with Crippen LogP contribution in [0.4, 0.5) is 0 Å². The molecule has 0 aromatic heterocycles. The molecule has 0 aliphatic heterocycles. The van der Waals surface area contributed by atoms with E-state index in [0.29, 0.717) is 18.3 Å². The summed E-state index contributed by atoms with van der Waals surface area (Å²) in [5, 5.41) is 8.52. The van der Waals surface area contributed by atoms with Gasteiger partial charge < -0.3 is 9.90 Å². The SMILES string of the molecule is O=C[C@@H]1[C@H]2CC[C@H](C2)[C@@H]1C/C=C\CCCC(=O)O. The minimum atomic E-state index is -0.725. The van der Waals surface area contributed by atoms with Crippen LogP contribution in [-0.2, 0) is 9.59 Å². The van der Waals surface area contributed by atoms with Crippen LogP contribution in [0.3, 0.4) is 0 Å². The number of aldehydes is 1. The maximum atomic E-state index is 11.1. The molecule has 100 valence electrons. The Morgan fingerprint density at radius 2 is 2.00 bits per heavy atom. The summed E-state index contributed by atoms with van der Waals surface area (Å²) in [7, 11) is 0. The number of hydrogen-bond donors (Lipinski definition) is 1. The van der Waals surface area contributed by atoms with Crippen LogP contribution in [0.25, 0.3) is 0 Å². The summed E-state index contributed by atoms with van der Waals surface area (Å²) in [6.45, 7) is 0. The fourth-order valence-corrected chi connectivity index (χ4v) is 3.76. The number of carbonyl (C=O) groups excluding carboxylic acids is 1. The van der Waals surface area contributed by atoms with Crippen molar-refractivity contribution in [3.63, 3.8) is 0 Å². The molecule has 2 aliphatic carbocycles. The predicted molar refractivity (Wildman–Crippen MR) is 69.1 cm³/mol. The highest BCUT2D eigenvalue weighted by molar-refractivity contribution is 5.66. The van der Waals surface area contributed by atoms with Crippen molar-refractivity contribution in [3.05, 3.63) is 12.2 Å². The Hall–Kier alpha value is -1.12. The molecule has 2 aliphatic rings. The molecule has 0 spiro atoms. The van der Waals surface area contributed by atoms with Gasteiger partial charge >= 0.3 is 5.97 Å². The molecule has 0 heterocycles. The monoisotopic (exact) mass is 250 g/mol. The van der Waals surface area contributed by atoms with Gasteiger partial charge in [0, 0.05) is 12.3 Å². The molecule has 0 unspecified atom stereocenters. The second-order valence-electron chi connectivity index (χ2n) is 5.70. The van der Waals surface area contributed by atoms with Gasteiger partial charge in [0.2, 0.25) is 0 Å². The lowest BCUT2D eigenvalue weighted by Crippen LogP contribution is -2.22. The molecule has 18 heavy (non-hydrogen) atoms. The Labute approximate surface area is 108 Å². The summed E-state index contributed by atoms with van der Waals surface area (Å²) in [5.41, 5.74) is 0. The number of allylic oxidation sites excluding steroid dienone is 2. The quantitative estimate of drug-likeness (QED) is 0.429. The third-order valence-corrected chi connectivity index (χ3v) is 4.65. The van der Waals surface area contributed by atoms with Gasteiger partial charge in [0.25, 0.3) is 0 Å². The van der Waals surface area contributed by atoms with E-state index in [2.05, 4.69) is 12.2 Å². The molecule has 3 nitrogen and oxygen atoms in total. The molecule has 0 amide bonds. The molecule has 0 saturated heterocycles. The van der Waals surface area contributed by atoms with Crippen LogP contribution in [0, 0.1) is 23.7 Å². The van der Waals surface area contributed by atoms with Crippen LogP contribution in [-0.4, -0.2) is 17.4 Å². The molecule has 2 rings (SSSR count). The molecule has 2 bridgehead atoms. The fraction of sp³-hybridized carbons (Fsp3) is 0.733. The average Bonchev–Trinajstić information content (AvgIpc) is 2.93. The number of rotatable bonds is 7. The van der Waals surface area contributed by atoms with E-state index in [-0.39, 0.29) is 12.3 Å². The Balaban J connectivity index is 1.71. The first kappa shape index (κ1) is 13.3. The van der Waals surface area contributed by atoms with Crippen molar-refractivity contribution in [2.75, 3.05) is 0 Å². The molecule has 0 aromatic rings. The van der Waals surface area contributed by atoms with Crippen molar-refractivity contribution in [1.29, 1.82) is 0 Å². The summed E-state index contributed by atoms with van der Waals surface area (Å²) in [6.07, 6.45) is 12.0. The number of hydrogen-bond acceptors (Lipinski definition) is 2. The molecule has 0 radical (unpaired) electrons. The standard InChI is InChI=1S/C15H22O3/c16-10-14-12-8-7-11(9-12)13(14)5-3-1-2-4-6-15(17)18/h1,3,10-14H,2,4-9H2,(H,17,18)/b3-1-/t11-,12+,13+,14-/m1/s1. The lowest BCUT2D eigenvalue weighted by Gasteiger charge is -2.26. The molecule has 1 N–H and O–H groups in total. The number of carbonyl (C=O) groups is 2. The second kappa shape index (κ2) is 6.17. The van der Waals surface area contributed by atoms with E-state index < -0.39 is 5.97 Å². The van der Waals surface area contributed by atoms with E-state index in [0.717, 1.165) is 18.8 Å². The fourth-order valence-electron chi connectivity index (χ4n) is 3.76. The smallest absolute Gasteiger partial charge is 0.303 e. The molecule has 0 aromatic carbocycles. The van der Waals surface area contributed by atoms with Crippen LogP contribution in [0.2, 0.25) is 0 Å². The van der Waals surface area contributed by atoms with Crippen LogP contribution in [0.5, 0.6) is 0 Å². The van der Waals surface area contributed by atoms with E-state index >= 15 is 0 Å². The van der Waals surface area contributed by atoms with Gasteiger partial charge in [-0.2, -0.15) is 0 Å². The molecule has 2 saturated carbocycles.